The molecular weight excluding hydrogens is 354 g/mol. The third kappa shape index (κ3) is 3.26. The van der Waals surface area contributed by atoms with Gasteiger partial charge in [-0.2, -0.15) is 5.10 Å². The van der Waals surface area contributed by atoms with Crippen molar-refractivity contribution < 1.29 is 9.84 Å². The van der Waals surface area contributed by atoms with Gasteiger partial charge < -0.3 is 14.4 Å². The Balaban J connectivity index is 1.38. The molecule has 4 heterocycles. The molecule has 0 amide bonds. The average Bonchev–Trinajstić information content (AvgIpc) is 3.47. The van der Waals surface area contributed by atoms with Gasteiger partial charge >= 0.3 is 0 Å². The quantitative estimate of drug-likeness (QED) is 0.736. The second-order valence-corrected chi connectivity index (χ2v) is 7.62. The molecule has 2 aromatic heterocycles. The van der Waals surface area contributed by atoms with E-state index in [9.17, 15) is 5.11 Å². The molecule has 0 unspecified atom stereocenters. The zero-order valence-corrected chi connectivity index (χ0v) is 15.8. The van der Waals surface area contributed by atoms with E-state index in [1.807, 2.05) is 23.1 Å². The van der Waals surface area contributed by atoms with Crippen molar-refractivity contribution in [3.63, 3.8) is 0 Å². The molecule has 2 fully saturated rings. The standard InChI is InChI=1S/C21H25N5O2/c27-10-5-20-14-24-13-18(12-19(24)15-28-20)25-9-7-22-21(25)16-3-1-4-17(11-16)26-8-2-6-23-26/h1-4,6-9,11,18-20,27H,5,10,12-15H2/t18-,19+,20+/m1/s1. The summed E-state index contributed by atoms with van der Waals surface area (Å²) in [6.07, 6.45) is 9.63. The molecule has 7 heteroatoms. The zero-order valence-electron chi connectivity index (χ0n) is 15.8. The summed E-state index contributed by atoms with van der Waals surface area (Å²) in [6.45, 7) is 2.84. The van der Waals surface area contributed by atoms with E-state index in [0.29, 0.717) is 18.5 Å². The van der Waals surface area contributed by atoms with Crippen LogP contribution in [0.25, 0.3) is 17.1 Å². The Kier molecular flexibility index (Phi) is 4.72. The Morgan fingerprint density at radius 3 is 2.93 bits per heavy atom. The predicted octanol–water partition coefficient (Wildman–Crippen LogP) is 2.13. The van der Waals surface area contributed by atoms with E-state index in [1.54, 1.807) is 6.20 Å². The minimum atomic E-state index is 0.146. The number of hydrogen-bond donors (Lipinski definition) is 1. The lowest BCUT2D eigenvalue weighted by Gasteiger charge is -2.34. The first kappa shape index (κ1) is 17.6. The number of aliphatic hydroxyl groups is 1. The number of morpholine rings is 1. The van der Waals surface area contributed by atoms with Crippen LogP contribution in [0.1, 0.15) is 18.9 Å². The van der Waals surface area contributed by atoms with Crippen molar-refractivity contribution in [2.45, 2.75) is 31.0 Å². The molecular formula is C21H25N5O2. The van der Waals surface area contributed by atoms with Gasteiger partial charge in [0.25, 0.3) is 0 Å². The van der Waals surface area contributed by atoms with Crippen LogP contribution in [0.5, 0.6) is 0 Å². The van der Waals surface area contributed by atoms with Crippen LogP contribution >= 0.6 is 0 Å². The Labute approximate surface area is 164 Å². The van der Waals surface area contributed by atoms with Crippen molar-refractivity contribution >= 4 is 0 Å². The molecule has 0 spiro atoms. The molecule has 2 aliphatic rings. The number of fused-ring (bicyclic) bond motifs is 1. The summed E-state index contributed by atoms with van der Waals surface area (Å²) in [5, 5.41) is 13.5. The van der Waals surface area contributed by atoms with Gasteiger partial charge in [-0.1, -0.05) is 12.1 Å². The number of aliphatic hydroxyl groups excluding tert-OH is 1. The van der Waals surface area contributed by atoms with Crippen molar-refractivity contribution in [1.29, 1.82) is 0 Å². The lowest BCUT2D eigenvalue weighted by atomic mass is 10.1. The summed E-state index contributed by atoms with van der Waals surface area (Å²) in [7, 11) is 0. The topological polar surface area (TPSA) is 68.3 Å². The van der Waals surface area contributed by atoms with Gasteiger partial charge in [-0.15, -0.1) is 0 Å². The number of nitrogens with zero attached hydrogens (tertiary/aromatic N) is 5. The van der Waals surface area contributed by atoms with Gasteiger partial charge in [0.1, 0.15) is 5.82 Å². The third-order valence-electron chi connectivity index (χ3n) is 5.85. The minimum absolute atomic E-state index is 0.146. The van der Waals surface area contributed by atoms with Gasteiger partial charge in [-0.05, 0) is 31.0 Å². The van der Waals surface area contributed by atoms with Gasteiger partial charge in [0.15, 0.2) is 0 Å². The van der Waals surface area contributed by atoms with E-state index < -0.39 is 0 Å². The van der Waals surface area contributed by atoms with Crippen LogP contribution in [0.15, 0.2) is 55.1 Å². The van der Waals surface area contributed by atoms with E-state index >= 15 is 0 Å². The summed E-state index contributed by atoms with van der Waals surface area (Å²) in [5.74, 6) is 0.992. The summed E-state index contributed by atoms with van der Waals surface area (Å²) in [5.41, 5.74) is 2.12. The molecule has 0 saturated carbocycles. The highest BCUT2D eigenvalue weighted by Gasteiger charge is 2.38. The molecule has 1 N–H and O–H groups in total. The molecule has 0 bridgehead atoms. The minimum Gasteiger partial charge on any atom is -0.396 e. The fraction of sp³-hybridized carbons (Fsp3) is 0.429. The molecule has 2 saturated heterocycles. The van der Waals surface area contributed by atoms with Gasteiger partial charge in [-0.3, -0.25) is 4.90 Å². The van der Waals surface area contributed by atoms with Crippen molar-refractivity contribution in [3.8, 4) is 17.1 Å². The van der Waals surface area contributed by atoms with E-state index in [0.717, 1.165) is 43.2 Å². The highest BCUT2D eigenvalue weighted by Crippen LogP contribution is 2.34. The van der Waals surface area contributed by atoms with E-state index in [1.165, 1.54) is 0 Å². The van der Waals surface area contributed by atoms with Crippen molar-refractivity contribution in [2.75, 3.05) is 26.3 Å². The molecule has 0 aliphatic carbocycles. The van der Waals surface area contributed by atoms with Crippen molar-refractivity contribution in [1.82, 2.24) is 24.2 Å². The summed E-state index contributed by atoms with van der Waals surface area (Å²) >= 11 is 0. The van der Waals surface area contributed by atoms with E-state index in [-0.39, 0.29) is 12.7 Å². The van der Waals surface area contributed by atoms with Crippen LogP contribution in [0, 0.1) is 0 Å². The number of ether oxygens (including phenoxy) is 1. The monoisotopic (exact) mass is 379 g/mol. The largest absolute Gasteiger partial charge is 0.396 e. The zero-order chi connectivity index (χ0) is 18.9. The average molecular weight is 379 g/mol. The third-order valence-corrected chi connectivity index (χ3v) is 5.85. The van der Waals surface area contributed by atoms with Crippen LogP contribution < -0.4 is 0 Å². The van der Waals surface area contributed by atoms with Crippen LogP contribution in [0.2, 0.25) is 0 Å². The predicted molar refractivity (Wildman–Crippen MR) is 105 cm³/mol. The first-order chi connectivity index (χ1) is 13.8. The van der Waals surface area contributed by atoms with Gasteiger partial charge in [0.2, 0.25) is 0 Å². The van der Waals surface area contributed by atoms with E-state index in [4.69, 9.17) is 4.74 Å². The van der Waals surface area contributed by atoms with Gasteiger partial charge in [0, 0.05) is 62.1 Å². The Hall–Kier alpha value is -2.48. The van der Waals surface area contributed by atoms with Crippen molar-refractivity contribution in [3.05, 3.63) is 55.1 Å². The smallest absolute Gasteiger partial charge is 0.140 e. The second kappa shape index (κ2) is 7.50. The Morgan fingerprint density at radius 2 is 2.07 bits per heavy atom. The van der Waals surface area contributed by atoms with E-state index in [2.05, 4.69) is 50.0 Å². The van der Waals surface area contributed by atoms with Crippen LogP contribution in [-0.4, -0.2) is 67.8 Å². The maximum absolute atomic E-state index is 9.20. The highest BCUT2D eigenvalue weighted by atomic mass is 16.5. The second-order valence-electron chi connectivity index (χ2n) is 7.62. The molecule has 28 heavy (non-hydrogen) atoms. The fourth-order valence-electron chi connectivity index (χ4n) is 4.48. The molecule has 7 nitrogen and oxygen atoms in total. The molecule has 0 radical (unpaired) electrons. The summed E-state index contributed by atoms with van der Waals surface area (Å²) in [6, 6.07) is 11.1. The Morgan fingerprint density at radius 1 is 1.11 bits per heavy atom. The lowest BCUT2D eigenvalue weighted by molar-refractivity contribution is -0.0567. The molecule has 1 aromatic carbocycles. The normalized spacial score (nSPS) is 25.1. The maximum Gasteiger partial charge on any atom is 0.140 e. The lowest BCUT2D eigenvalue weighted by Crippen LogP contribution is -2.46. The molecule has 2 aliphatic heterocycles. The summed E-state index contributed by atoms with van der Waals surface area (Å²) < 4.78 is 10.1. The first-order valence-electron chi connectivity index (χ1n) is 9.91. The SMILES string of the molecule is OCC[C@H]1CN2C[C@H](n3ccnc3-c3cccc(-n4cccn4)c3)C[C@H]2CO1. The number of aromatic nitrogens is 4. The molecule has 3 atom stereocenters. The van der Waals surface area contributed by atoms with Gasteiger partial charge in [0.05, 0.1) is 18.4 Å². The molecule has 5 rings (SSSR count). The Bertz CT molecular complexity index is 923. The van der Waals surface area contributed by atoms with Crippen LogP contribution in [0.3, 0.4) is 0 Å². The number of imidazole rings is 1. The molecule has 3 aromatic rings. The number of rotatable bonds is 5. The summed E-state index contributed by atoms with van der Waals surface area (Å²) in [4.78, 5) is 7.18. The first-order valence-corrected chi connectivity index (χ1v) is 9.91. The van der Waals surface area contributed by atoms with Gasteiger partial charge in [-0.25, -0.2) is 9.67 Å². The highest BCUT2D eigenvalue weighted by molar-refractivity contribution is 5.59. The fourth-order valence-corrected chi connectivity index (χ4v) is 4.48. The maximum atomic E-state index is 9.20. The van der Waals surface area contributed by atoms with Crippen molar-refractivity contribution in [2.24, 2.45) is 0 Å². The van der Waals surface area contributed by atoms with Crippen LogP contribution in [0.4, 0.5) is 0 Å². The number of benzene rings is 1. The number of hydrogen-bond acceptors (Lipinski definition) is 5. The molecule has 146 valence electrons. The van der Waals surface area contributed by atoms with Crippen LogP contribution in [-0.2, 0) is 4.74 Å².